The summed E-state index contributed by atoms with van der Waals surface area (Å²) >= 11 is 0. The molecular weight excluding hydrogens is 256 g/mol. The number of furan rings is 1. The Balaban J connectivity index is 2.26. The molecule has 1 aromatic carbocycles. The molecular formula is C15H10N2O3. The van der Waals surface area contributed by atoms with Gasteiger partial charge in [0.2, 0.25) is 0 Å². The van der Waals surface area contributed by atoms with E-state index in [1.54, 1.807) is 48.8 Å². The number of allylic oxidation sites excluding steroid dienone is 3. The van der Waals surface area contributed by atoms with E-state index in [2.05, 4.69) is 0 Å². The number of hydrogen-bond donors (Lipinski definition) is 0. The first-order valence-corrected chi connectivity index (χ1v) is 5.77. The molecule has 5 nitrogen and oxygen atoms in total. The number of benzene rings is 1. The molecule has 0 saturated heterocycles. The van der Waals surface area contributed by atoms with Crippen molar-refractivity contribution in [2.24, 2.45) is 0 Å². The second-order valence-corrected chi connectivity index (χ2v) is 3.87. The third-order valence-corrected chi connectivity index (χ3v) is 2.55. The predicted octanol–water partition coefficient (Wildman–Crippen LogP) is 3.81. The van der Waals surface area contributed by atoms with Crippen LogP contribution in [0.2, 0.25) is 0 Å². The normalized spacial score (nSPS) is 11.4. The lowest BCUT2D eigenvalue weighted by Gasteiger charge is -1.97. The third kappa shape index (κ3) is 3.21. The van der Waals surface area contributed by atoms with Crippen LogP contribution >= 0.6 is 0 Å². The summed E-state index contributed by atoms with van der Waals surface area (Å²) < 4.78 is 5.12. The molecule has 2 aromatic rings. The summed E-state index contributed by atoms with van der Waals surface area (Å²) in [6.07, 6.45) is 6.50. The van der Waals surface area contributed by atoms with E-state index >= 15 is 0 Å². The van der Waals surface area contributed by atoms with Crippen LogP contribution in [0.4, 0.5) is 5.69 Å². The summed E-state index contributed by atoms with van der Waals surface area (Å²) in [5.74, 6) is 0.664. The topological polar surface area (TPSA) is 80.1 Å². The van der Waals surface area contributed by atoms with E-state index in [1.165, 1.54) is 12.1 Å². The zero-order valence-corrected chi connectivity index (χ0v) is 10.4. The molecule has 0 N–H and O–H groups in total. The molecule has 0 fully saturated rings. The molecule has 0 atom stereocenters. The zero-order valence-electron chi connectivity index (χ0n) is 10.4. The lowest BCUT2D eigenvalue weighted by Crippen LogP contribution is -1.89. The molecule has 0 aliphatic carbocycles. The van der Waals surface area contributed by atoms with E-state index in [0.29, 0.717) is 16.9 Å². The van der Waals surface area contributed by atoms with Gasteiger partial charge in [0, 0.05) is 12.1 Å². The molecule has 20 heavy (non-hydrogen) atoms. The molecule has 0 aliphatic heterocycles. The molecule has 1 heterocycles. The van der Waals surface area contributed by atoms with Gasteiger partial charge in [-0.05, 0) is 29.8 Å². The van der Waals surface area contributed by atoms with Crippen molar-refractivity contribution < 1.29 is 9.34 Å². The maximum atomic E-state index is 10.7. The highest BCUT2D eigenvalue weighted by Gasteiger charge is 2.07. The monoisotopic (exact) mass is 266 g/mol. The average molecular weight is 266 g/mol. The van der Waals surface area contributed by atoms with Crippen molar-refractivity contribution in [3.8, 4) is 6.07 Å². The van der Waals surface area contributed by atoms with E-state index in [1.807, 2.05) is 6.07 Å². The molecule has 0 radical (unpaired) electrons. The van der Waals surface area contributed by atoms with Crippen molar-refractivity contribution in [3.63, 3.8) is 0 Å². The van der Waals surface area contributed by atoms with Gasteiger partial charge in [-0.3, -0.25) is 10.1 Å². The number of nitrogens with zero attached hydrogens (tertiary/aromatic N) is 2. The molecule has 0 amide bonds. The minimum absolute atomic E-state index is 0.0429. The molecule has 5 heteroatoms. The fourth-order valence-electron chi connectivity index (χ4n) is 1.61. The van der Waals surface area contributed by atoms with Crippen molar-refractivity contribution in [1.82, 2.24) is 0 Å². The molecule has 98 valence electrons. The Kier molecular flexibility index (Phi) is 4.10. The Bertz CT molecular complexity index is 707. The Morgan fingerprint density at radius 1 is 1.35 bits per heavy atom. The summed E-state index contributed by atoms with van der Waals surface area (Å²) in [6.45, 7) is 0. The Hall–Kier alpha value is -3.13. The minimum Gasteiger partial charge on any atom is -0.465 e. The summed E-state index contributed by atoms with van der Waals surface area (Å²) in [7, 11) is 0. The number of nitriles is 1. The van der Waals surface area contributed by atoms with Crippen LogP contribution in [0.5, 0.6) is 0 Å². The van der Waals surface area contributed by atoms with E-state index in [4.69, 9.17) is 9.68 Å². The van der Waals surface area contributed by atoms with Gasteiger partial charge >= 0.3 is 0 Å². The van der Waals surface area contributed by atoms with Gasteiger partial charge in [0.15, 0.2) is 0 Å². The second kappa shape index (κ2) is 6.16. The van der Waals surface area contributed by atoms with E-state index in [9.17, 15) is 10.1 Å². The smallest absolute Gasteiger partial charge is 0.270 e. The number of nitro groups is 1. The average Bonchev–Trinajstić information content (AvgIpc) is 2.97. The van der Waals surface area contributed by atoms with Gasteiger partial charge in [0.05, 0.1) is 22.8 Å². The fraction of sp³-hybridized carbons (Fsp3) is 0. The van der Waals surface area contributed by atoms with Gasteiger partial charge in [-0.15, -0.1) is 0 Å². The summed E-state index contributed by atoms with van der Waals surface area (Å²) in [4.78, 5) is 10.2. The second-order valence-electron chi connectivity index (χ2n) is 3.87. The summed E-state index contributed by atoms with van der Waals surface area (Å²) in [5, 5.41) is 19.8. The van der Waals surface area contributed by atoms with E-state index in [0.717, 1.165) is 0 Å². The van der Waals surface area contributed by atoms with Gasteiger partial charge in [0.25, 0.3) is 5.69 Å². The van der Waals surface area contributed by atoms with Gasteiger partial charge in [-0.2, -0.15) is 5.26 Å². The predicted molar refractivity (Wildman–Crippen MR) is 74.4 cm³/mol. The van der Waals surface area contributed by atoms with Gasteiger partial charge < -0.3 is 4.42 Å². The molecule has 0 bridgehead atoms. The molecule has 0 spiro atoms. The number of non-ortho nitro benzene ring substituents is 1. The van der Waals surface area contributed by atoms with Crippen molar-refractivity contribution in [1.29, 1.82) is 5.26 Å². The Morgan fingerprint density at radius 2 is 2.20 bits per heavy atom. The van der Waals surface area contributed by atoms with Gasteiger partial charge in [0.1, 0.15) is 5.76 Å². The summed E-state index contributed by atoms with van der Waals surface area (Å²) in [6, 6.07) is 11.5. The Labute approximate surface area is 115 Å². The first-order chi connectivity index (χ1) is 9.70. The first-order valence-electron chi connectivity index (χ1n) is 5.77. The standard InChI is InChI=1S/C15H10N2O3/c16-11-13(5-2-7-15-8-3-9-20-15)12-4-1-6-14(10-12)17(18)19/h1-10H. The van der Waals surface area contributed by atoms with Crippen LogP contribution in [0.15, 0.2) is 59.2 Å². The molecule has 1 aromatic heterocycles. The van der Waals surface area contributed by atoms with Crippen molar-refractivity contribution in [2.45, 2.75) is 0 Å². The number of hydrogen-bond acceptors (Lipinski definition) is 4. The highest BCUT2D eigenvalue weighted by atomic mass is 16.6. The zero-order chi connectivity index (χ0) is 14.4. The van der Waals surface area contributed by atoms with E-state index < -0.39 is 4.92 Å². The molecule has 0 saturated carbocycles. The van der Waals surface area contributed by atoms with Gasteiger partial charge in [-0.25, -0.2) is 0 Å². The lowest BCUT2D eigenvalue weighted by atomic mass is 10.1. The summed E-state index contributed by atoms with van der Waals surface area (Å²) in [5.41, 5.74) is 0.806. The maximum absolute atomic E-state index is 10.7. The number of rotatable bonds is 4. The fourth-order valence-corrected chi connectivity index (χ4v) is 1.61. The van der Waals surface area contributed by atoms with Gasteiger partial charge in [-0.1, -0.05) is 18.2 Å². The van der Waals surface area contributed by atoms with Crippen molar-refractivity contribution in [2.75, 3.05) is 0 Å². The molecule has 0 aliphatic rings. The lowest BCUT2D eigenvalue weighted by molar-refractivity contribution is -0.384. The minimum atomic E-state index is -0.489. The van der Waals surface area contributed by atoms with Crippen LogP contribution in [0.3, 0.4) is 0 Å². The third-order valence-electron chi connectivity index (χ3n) is 2.55. The van der Waals surface area contributed by atoms with Crippen LogP contribution in [0, 0.1) is 21.4 Å². The van der Waals surface area contributed by atoms with Crippen LogP contribution in [-0.2, 0) is 0 Å². The Morgan fingerprint density at radius 3 is 2.85 bits per heavy atom. The first kappa shape index (κ1) is 13.3. The SMILES string of the molecule is N#CC(=CC=Cc1ccco1)c1cccc([N+](=O)[O-])c1. The quantitative estimate of drug-likeness (QED) is 0.365. The van der Waals surface area contributed by atoms with Crippen LogP contribution in [0.25, 0.3) is 11.6 Å². The highest BCUT2D eigenvalue weighted by Crippen LogP contribution is 2.20. The number of nitro benzene ring substituents is 1. The van der Waals surface area contributed by atoms with Crippen molar-refractivity contribution in [3.05, 3.63) is 76.3 Å². The molecule has 2 rings (SSSR count). The molecule has 0 unspecified atom stereocenters. The maximum Gasteiger partial charge on any atom is 0.270 e. The van der Waals surface area contributed by atoms with E-state index in [-0.39, 0.29) is 5.69 Å². The van der Waals surface area contributed by atoms with Crippen LogP contribution < -0.4 is 0 Å². The largest absolute Gasteiger partial charge is 0.465 e. The van der Waals surface area contributed by atoms with Crippen LogP contribution in [0.1, 0.15) is 11.3 Å². The van der Waals surface area contributed by atoms with Crippen LogP contribution in [-0.4, -0.2) is 4.92 Å². The highest BCUT2D eigenvalue weighted by molar-refractivity contribution is 5.79. The van der Waals surface area contributed by atoms with Crippen molar-refractivity contribution >= 4 is 17.3 Å².